The third kappa shape index (κ3) is 1.62. The smallest absolute Gasteiger partial charge is 0.305 e. The molecule has 2 heterocycles. The molecule has 0 amide bonds. The summed E-state index contributed by atoms with van der Waals surface area (Å²) in [5.41, 5.74) is 1.24. The van der Waals surface area contributed by atoms with E-state index in [0.717, 1.165) is 25.1 Å². The molecule has 0 radical (unpaired) electrons. The number of nitrogens with zero attached hydrogens (tertiary/aromatic N) is 2. The van der Waals surface area contributed by atoms with Crippen LogP contribution < -0.4 is 0 Å². The van der Waals surface area contributed by atoms with E-state index in [9.17, 15) is 4.79 Å². The molecule has 1 saturated carbocycles. The highest BCUT2D eigenvalue weighted by Gasteiger charge is 2.33. The van der Waals surface area contributed by atoms with Gasteiger partial charge in [-0.05, 0) is 32.1 Å². The van der Waals surface area contributed by atoms with Crippen LogP contribution >= 0.6 is 0 Å². The zero-order valence-electron chi connectivity index (χ0n) is 9.22. The zero-order valence-corrected chi connectivity index (χ0v) is 9.22. The second kappa shape index (κ2) is 3.61. The summed E-state index contributed by atoms with van der Waals surface area (Å²) < 4.78 is 2.22. The molecular formula is C12H16N2O2. The Bertz CT molecular complexity index is 421. The summed E-state index contributed by atoms with van der Waals surface area (Å²) in [6.07, 6.45) is 7.75. The van der Waals surface area contributed by atoms with E-state index in [1.165, 1.54) is 18.5 Å². The van der Waals surface area contributed by atoms with E-state index in [4.69, 9.17) is 5.11 Å². The fourth-order valence-electron chi connectivity index (χ4n) is 2.71. The average Bonchev–Trinajstić information content (AvgIpc) is 2.98. The summed E-state index contributed by atoms with van der Waals surface area (Å²) in [6, 6.07) is 0.138. The van der Waals surface area contributed by atoms with Crippen LogP contribution in [0.4, 0.5) is 0 Å². The Labute approximate surface area is 94.3 Å². The lowest BCUT2D eigenvalue weighted by atomic mass is 10.00. The molecule has 1 unspecified atom stereocenters. The molecule has 2 aliphatic rings. The van der Waals surface area contributed by atoms with Crippen LogP contribution in [0.5, 0.6) is 0 Å². The third-order valence-electron chi connectivity index (χ3n) is 3.59. The van der Waals surface area contributed by atoms with Crippen molar-refractivity contribution in [1.29, 1.82) is 0 Å². The van der Waals surface area contributed by atoms with Gasteiger partial charge in [-0.2, -0.15) is 0 Å². The van der Waals surface area contributed by atoms with Crippen molar-refractivity contribution >= 4 is 5.97 Å². The summed E-state index contributed by atoms with van der Waals surface area (Å²) in [5.74, 6) is 1.04. The standard InChI is InChI=1S/C12H16N2O2/c15-11(16)6-9-2-1-3-10-7-13-12(14(9)10)8-4-5-8/h7-9H,1-6H2,(H,15,16). The Morgan fingerprint density at radius 1 is 1.50 bits per heavy atom. The molecule has 16 heavy (non-hydrogen) atoms. The van der Waals surface area contributed by atoms with Gasteiger partial charge in [0.2, 0.25) is 0 Å². The molecule has 0 spiro atoms. The fraction of sp³-hybridized carbons (Fsp3) is 0.667. The van der Waals surface area contributed by atoms with Crippen molar-refractivity contribution in [3.8, 4) is 0 Å². The number of aryl methyl sites for hydroxylation is 1. The van der Waals surface area contributed by atoms with Gasteiger partial charge in [0.05, 0.1) is 6.42 Å². The second-order valence-corrected chi connectivity index (χ2v) is 4.90. The highest BCUT2D eigenvalue weighted by molar-refractivity contribution is 5.67. The predicted molar refractivity (Wildman–Crippen MR) is 58.4 cm³/mol. The van der Waals surface area contributed by atoms with E-state index in [-0.39, 0.29) is 12.5 Å². The van der Waals surface area contributed by atoms with Crippen molar-refractivity contribution in [3.63, 3.8) is 0 Å². The minimum absolute atomic E-state index is 0.138. The lowest BCUT2D eigenvalue weighted by Crippen LogP contribution is -2.22. The topological polar surface area (TPSA) is 55.1 Å². The minimum Gasteiger partial charge on any atom is -0.481 e. The molecule has 0 aromatic carbocycles. The molecule has 1 aliphatic carbocycles. The normalized spacial score (nSPS) is 24.1. The molecule has 1 aromatic heterocycles. The molecule has 4 heteroatoms. The second-order valence-electron chi connectivity index (χ2n) is 4.90. The molecule has 0 bridgehead atoms. The summed E-state index contributed by atoms with van der Waals surface area (Å²) in [5, 5.41) is 8.94. The van der Waals surface area contributed by atoms with E-state index in [2.05, 4.69) is 9.55 Å². The first-order chi connectivity index (χ1) is 7.75. The van der Waals surface area contributed by atoms with E-state index < -0.39 is 5.97 Å². The molecule has 86 valence electrons. The van der Waals surface area contributed by atoms with Gasteiger partial charge in [-0.25, -0.2) is 4.98 Å². The molecule has 1 aromatic rings. The molecule has 4 nitrogen and oxygen atoms in total. The van der Waals surface area contributed by atoms with Gasteiger partial charge in [0, 0.05) is 23.9 Å². The van der Waals surface area contributed by atoms with Crippen LogP contribution in [0, 0.1) is 0 Å². The maximum atomic E-state index is 10.9. The number of carbonyl (C=O) groups is 1. The lowest BCUT2D eigenvalue weighted by Gasteiger charge is -2.26. The van der Waals surface area contributed by atoms with Gasteiger partial charge in [0.1, 0.15) is 5.82 Å². The number of hydrogen-bond acceptors (Lipinski definition) is 2. The monoisotopic (exact) mass is 220 g/mol. The first-order valence-electron chi connectivity index (χ1n) is 6.03. The van der Waals surface area contributed by atoms with Crippen molar-refractivity contribution in [3.05, 3.63) is 17.7 Å². The molecule has 1 N–H and O–H groups in total. The number of carboxylic acids is 1. The maximum absolute atomic E-state index is 10.9. The largest absolute Gasteiger partial charge is 0.481 e. The van der Waals surface area contributed by atoms with Gasteiger partial charge in [0.15, 0.2) is 0 Å². The highest BCUT2D eigenvalue weighted by atomic mass is 16.4. The van der Waals surface area contributed by atoms with Crippen molar-refractivity contribution in [2.75, 3.05) is 0 Å². The quantitative estimate of drug-likeness (QED) is 0.848. The van der Waals surface area contributed by atoms with Gasteiger partial charge >= 0.3 is 5.97 Å². The Morgan fingerprint density at radius 2 is 2.31 bits per heavy atom. The van der Waals surface area contributed by atoms with E-state index in [1.54, 1.807) is 0 Å². The fourth-order valence-corrected chi connectivity index (χ4v) is 2.71. The third-order valence-corrected chi connectivity index (χ3v) is 3.59. The van der Waals surface area contributed by atoms with E-state index in [0.29, 0.717) is 5.92 Å². The number of aromatic nitrogens is 2. The Kier molecular flexibility index (Phi) is 2.23. The van der Waals surface area contributed by atoms with Gasteiger partial charge in [-0.1, -0.05) is 0 Å². The van der Waals surface area contributed by atoms with Crippen LogP contribution in [-0.4, -0.2) is 20.6 Å². The first kappa shape index (κ1) is 9.87. The molecule has 3 rings (SSSR count). The number of aliphatic carboxylic acids is 1. The number of imidazole rings is 1. The summed E-state index contributed by atoms with van der Waals surface area (Å²) >= 11 is 0. The van der Waals surface area contributed by atoms with Crippen LogP contribution in [0.25, 0.3) is 0 Å². The lowest BCUT2D eigenvalue weighted by molar-refractivity contribution is -0.138. The van der Waals surface area contributed by atoms with Gasteiger partial charge in [-0.15, -0.1) is 0 Å². The van der Waals surface area contributed by atoms with Crippen LogP contribution in [-0.2, 0) is 11.2 Å². The average molecular weight is 220 g/mol. The van der Waals surface area contributed by atoms with Crippen molar-refractivity contribution < 1.29 is 9.90 Å². The SMILES string of the molecule is O=C(O)CC1CCCc2cnc(C3CC3)n21. The summed E-state index contributed by atoms with van der Waals surface area (Å²) in [4.78, 5) is 15.3. The first-order valence-corrected chi connectivity index (χ1v) is 6.03. The Balaban J connectivity index is 1.94. The molecule has 1 fully saturated rings. The Morgan fingerprint density at radius 3 is 3.00 bits per heavy atom. The van der Waals surface area contributed by atoms with Crippen LogP contribution in [0.2, 0.25) is 0 Å². The van der Waals surface area contributed by atoms with Gasteiger partial charge < -0.3 is 9.67 Å². The predicted octanol–water partition coefficient (Wildman–Crippen LogP) is 2.11. The number of hydrogen-bond donors (Lipinski definition) is 1. The Hall–Kier alpha value is -1.32. The van der Waals surface area contributed by atoms with Crippen molar-refractivity contribution in [1.82, 2.24) is 9.55 Å². The number of rotatable bonds is 3. The number of carboxylic acid groups (broad SMARTS) is 1. The van der Waals surface area contributed by atoms with E-state index >= 15 is 0 Å². The molecule has 0 saturated heterocycles. The summed E-state index contributed by atoms with van der Waals surface area (Å²) in [6.45, 7) is 0. The zero-order chi connectivity index (χ0) is 11.1. The molecular weight excluding hydrogens is 204 g/mol. The van der Waals surface area contributed by atoms with Crippen LogP contribution in [0.15, 0.2) is 6.20 Å². The summed E-state index contributed by atoms with van der Waals surface area (Å²) in [7, 11) is 0. The maximum Gasteiger partial charge on any atom is 0.305 e. The van der Waals surface area contributed by atoms with Crippen molar-refractivity contribution in [2.24, 2.45) is 0 Å². The van der Waals surface area contributed by atoms with Gasteiger partial charge in [-0.3, -0.25) is 4.79 Å². The highest BCUT2D eigenvalue weighted by Crippen LogP contribution is 2.42. The van der Waals surface area contributed by atoms with Crippen LogP contribution in [0.3, 0.4) is 0 Å². The number of fused-ring (bicyclic) bond motifs is 1. The molecule has 1 atom stereocenters. The van der Waals surface area contributed by atoms with Crippen molar-refractivity contribution in [2.45, 2.75) is 50.5 Å². The van der Waals surface area contributed by atoms with Gasteiger partial charge in [0.25, 0.3) is 0 Å². The van der Waals surface area contributed by atoms with Crippen LogP contribution in [0.1, 0.15) is 55.6 Å². The molecule has 1 aliphatic heterocycles. The van der Waals surface area contributed by atoms with E-state index in [1.807, 2.05) is 6.20 Å². The minimum atomic E-state index is -0.701.